The molecule has 4 nitrogen and oxygen atoms in total. The Bertz CT molecular complexity index is 517. The molecule has 0 atom stereocenters. The molecule has 0 bridgehead atoms. The summed E-state index contributed by atoms with van der Waals surface area (Å²) in [5.74, 6) is 1.11. The molecule has 2 N–H and O–H groups in total. The number of hydrogen-bond donors (Lipinski definition) is 1. The molecule has 0 amide bonds. The van der Waals surface area contributed by atoms with E-state index in [1.165, 1.54) is 0 Å². The van der Waals surface area contributed by atoms with Crippen LogP contribution in [0.3, 0.4) is 0 Å². The molecule has 1 heterocycles. The normalized spacial score (nSPS) is 10.8. The Morgan fingerprint density at radius 1 is 1.35 bits per heavy atom. The van der Waals surface area contributed by atoms with Crippen LogP contribution in [0.2, 0.25) is 0 Å². The number of imidazole rings is 1. The van der Waals surface area contributed by atoms with E-state index in [0.717, 1.165) is 11.4 Å². The number of benzene rings is 1. The number of nitrogens with two attached hydrogens (primary N) is 1. The van der Waals surface area contributed by atoms with Gasteiger partial charge in [0.25, 0.3) is 0 Å². The molecule has 17 heavy (non-hydrogen) atoms. The summed E-state index contributed by atoms with van der Waals surface area (Å²) >= 11 is 0. The topological polar surface area (TPSA) is 53.1 Å². The Kier molecular flexibility index (Phi) is 3.04. The average molecular weight is 231 g/mol. The van der Waals surface area contributed by atoms with Crippen LogP contribution in [0.1, 0.15) is 25.5 Å². The molecule has 4 heteroatoms. The number of ether oxygens (including phenoxy) is 1. The highest BCUT2D eigenvalue weighted by Crippen LogP contribution is 2.26. The first kappa shape index (κ1) is 11.5. The van der Waals surface area contributed by atoms with E-state index in [-0.39, 0.29) is 0 Å². The number of rotatable bonds is 3. The van der Waals surface area contributed by atoms with E-state index in [4.69, 9.17) is 10.5 Å². The molecule has 1 aromatic heterocycles. The average Bonchev–Trinajstić information content (AvgIpc) is 2.77. The summed E-state index contributed by atoms with van der Waals surface area (Å²) in [6.45, 7) is 4.28. The van der Waals surface area contributed by atoms with Crippen molar-refractivity contribution in [3.05, 3.63) is 36.4 Å². The summed E-state index contributed by atoms with van der Waals surface area (Å²) in [5, 5.41) is 0. The number of nitrogen functional groups attached to an aromatic ring is 1. The maximum Gasteiger partial charge on any atom is 0.141 e. The minimum atomic E-state index is 0.417. The summed E-state index contributed by atoms with van der Waals surface area (Å²) in [7, 11) is 1.61. The summed E-state index contributed by atoms with van der Waals surface area (Å²) in [4.78, 5) is 4.18. The van der Waals surface area contributed by atoms with Gasteiger partial charge in [-0.15, -0.1) is 0 Å². The van der Waals surface area contributed by atoms with E-state index < -0.39 is 0 Å². The van der Waals surface area contributed by atoms with Gasteiger partial charge < -0.3 is 15.0 Å². The third-order valence-electron chi connectivity index (χ3n) is 2.75. The minimum absolute atomic E-state index is 0.417. The van der Waals surface area contributed by atoms with Crippen molar-refractivity contribution in [1.82, 2.24) is 9.55 Å². The van der Waals surface area contributed by atoms with Gasteiger partial charge in [0, 0.05) is 17.6 Å². The Morgan fingerprint density at radius 3 is 2.71 bits per heavy atom. The van der Waals surface area contributed by atoms with Crippen molar-refractivity contribution in [2.45, 2.75) is 19.8 Å². The van der Waals surface area contributed by atoms with Gasteiger partial charge in [0.2, 0.25) is 0 Å². The zero-order valence-corrected chi connectivity index (χ0v) is 10.3. The summed E-state index contributed by atoms with van der Waals surface area (Å²) < 4.78 is 7.19. The van der Waals surface area contributed by atoms with Crippen molar-refractivity contribution in [3.63, 3.8) is 0 Å². The fraction of sp³-hybridized carbons (Fsp3) is 0.308. The first-order valence-electron chi connectivity index (χ1n) is 5.59. The SMILES string of the molecule is COc1ccc(-n2cncc2C(C)C)cc1N. The molecule has 2 aromatic rings. The van der Waals surface area contributed by atoms with E-state index in [9.17, 15) is 0 Å². The molecule has 90 valence electrons. The first-order chi connectivity index (χ1) is 8.13. The Balaban J connectivity index is 2.46. The standard InChI is InChI=1S/C13H17N3O/c1-9(2)12-7-15-8-16(12)10-4-5-13(17-3)11(14)6-10/h4-9H,14H2,1-3H3. The Morgan fingerprint density at radius 2 is 2.12 bits per heavy atom. The number of nitrogens with zero attached hydrogens (tertiary/aromatic N) is 2. The van der Waals surface area contributed by atoms with Crippen LogP contribution in [0.25, 0.3) is 5.69 Å². The van der Waals surface area contributed by atoms with Gasteiger partial charge in [-0.2, -0.15) is 0 Å². The van der Waals surface area contributed by atoms with Crippen LogP contribution in [-0.2, 0) is 0 Å². The molecule has 0 radical (unpaired) electrons. The third-order valence-corrected chi connectivity index (χ3v) is 2.75. The van der Waals surface area contributed by atoms with Gasteiger partial charge in [-0.25, -0.2) is 4.98 Å². The van der Waals surface area contributed by atoms with Crippen LogP contribution >= 0.6 is 0 Å². The third kappa shape index (κ3) is 2.11. The van der Waals surface area contributed by atoms with Gasteiger partial charge in [0.15, 0.2) is 0 Å². The van der Waals surface area contributed by atoms with Crippen LogP contribution in [0, 0.1) is 0 Å². The maximum absolute atomic E-state index is 5.91. The lowest BCUT2D eigenvalue weighted by Gasteiger charge is -2.12. The lowest BCUT2D eigenvalue weighted by atomic mass is 10.1. The Labute approximate surface area is 101 Å². The van der Waals surface area contributed by atoms with Gasteiger partial charge in [0.05, 0.1) is 19.1 Å². The number of aromatic nitrogens is 2. The first-order valence-corrected chi connectivity index (χ1v) is 5.59. The maximum atomic E-state index is 5.91. The van der Waals surface area contributed by atoms with Crippen molar-refractivity contribution >= 4 is 5.69 Å². The van der Waals surface area contributed by atoms with Crippen LogP contribution < -0.4 is 10.5 Å². The lowest BCUT2D eigenvalue weighted by molar-refractivity contribution is 0.417. The summed E-state index contributed by atoms with van der Waals surface area (Å²) in [6.07, 6.45) is 3.68. The zero-order chi connectivity index (χ0) is 12.4. The molecule has 0 spiro atoms. The molecule has 0 aliphatic heterocycles. The fourth-order valence-corrected chi connectivity index (χ4v) is 1.82. The van der Waals surface area contributed by atoms with Gasteiger partial charge in [-0.3, -0.25) is 0 Å². The predicted molar refractivity (Wildman–Crippen MR) is 68.6 cm³/mol. The van der Waals surface area contributed by atoms with E-state index in [2.05, 4.69) is 18.8 Å². The van der Waals surface area contributed by atoms with E-state index >= 15 is 0 Å². The van der Waals surface area contributed by atoms with E-state index in [1.54, 1.807) is 13.4 Å². The van der Waals surface area contributed by atoms with Crippen molar-refractivity contribution in [1.29, 1.82) is 0 Å². The molecule has 2 rings (SSSR count). The lowest BCUT2D eigenvalue weighted by Crippen LogP contribution is -2.02. The van der Waals surface area contributed by atoms with E-state index in [0.29, 0.717) is 17.4 Å². The van der Waals surface area contributed by atoms with Crippen LogP contribution in [-0.4, -0.2) is 16.7 Å². The molecule has 0 aliphatic rings. The molecule has 0 unspecified atom stereocenters. The van der Waals surface area contributed by atoms with Gasteiger partial charge >= 0.3 is 0 Å². The highest BCUT2D eigenvalue weighted by atomic mass is 16.5. The smallest absolute Gasteiger partial charge is 0.141 e. The Hall–Kier alpha value is -1.97. The monoisotopic (exact) mass is 231 g/mol. The zero-order valence-electron chi connectivity index (χ0n) is 10.3. The van der Waals surface area contributed by atoms with Crippen molar-refractivity contribution < 1.29 is 4.74 Å². The highest BCUT2D eigenvalue weighted by Gasteiger charge is 2.09. The second-order valence-corrected chi connectivity index (χ2v) is 4.27. The fourth-order valence-electron chi connectivity index (χ4n) is 1.82. The van der Waals surface area contributed by atoms with Crippen LogP contribution in [0.4, 0.5) is 5.69 Å². The molecule has 0 aliphatic carbocycles. The van der Waals surface area contributed by atoms with Crippen LogP contribution in [0.5, 0.6) is 5.75 Å². The van der Waals surface area contributed by atoms with Gasteiger partial charge in [-0.05, 0) is 24.1 Å². The quantitative estimate of drug-likeness (QED) is 0.826. The molecule has 0 saturated carbocycles. The molecule has 1 aromatic carbocycles. The summed E-state index contributed by atoms with van der Waals surface area (Å²) in [6, 6.07) is 5.74. The second kappa shape index (κ2) is 4.49. The van der Waals surface area contributed by atoms with Crippen molar-refractivity contribution in [3.8, 4) is 11.4 Å². The predicted octanol–water partition coefficient (Wildman–Crippen LogP) is 2.59. The second-order valence-electron chi connectivity index (χ2n) is 4.27. The van der Waals surface area contributed by atoms with Gasteiger partial charge in [0.1, 0.15) is 5.75 Å². The number of methoxy groups -OCH3 is 1. The molecule has 0 fully saturated rings. The molecule has 0 saturated heterocycles. The van der Waals surface area contributed by atoms with E-state index in [1.807, 2.05) is 29.0 Å². The molecular weight excluding hydrogens is 214 g/mol. The van der Waals surface area contributed by atoms with Crippen molar-refractivity contribution in [2.24, 2.45) is 0 Å². The number of anilines is 1. The van der Waals surface area contributed by atoms with Crippen molar-refractivity contribution in [2.75, 3.05) is 12.8 Å². The highest BCUT2D eigenvalue weighted by molar-refractivity contribution is 5.58. The largest absolute Gasteiger partial charge is 0.495 e. The minimum Gasteiger partial charge on any atom is -0.495 e. The summed E-state index contributed by atoms with van der Waals surface area (Å²) in [5.41, 5.74) is 8.70. The molecular formula is C13H17N3O. The van der Waals surface area contributed by atoms with Crippen LogP contribution in [0.15, 0.2) is 30.7 Å². The van der Waals surface area contributed by atoms with Gasteiger partial charge in [-0.1, -0.05) is 13.8 Å². The number of hydrogen-bond acceptors (Lipinski definition) is 3.